The van der Waals surface area contributed by atoms with Gasteiger partial charge in [0.1, 0.15) is 17.3 Å². The Morgan fingerprint density at radius 3 is 2.45 bits per heavy atom. The lowest BCUT2D eigenvalue weighted by molar-refractivity contribution is 0.0937. The number of benzene rings is 3. The first-order valence-electron chi connectivity index (χ1n) is 10.8. The van der Waals surface area contributed by atoms with Crippen molar-refractivity contribution in [2.45, 2.75) is 25.9 Å². The molecule has 0 bridgehead atoms. The lowest BCUT2D eigenvalue weighted by Gasteiger charge is -2.17. The molecule has 0 spiro atoms. The van der Waals surface area contributed by atoms with Crippen LogP contribution in [0.4, 0.5) is 0 Å². The Morgan fingerprint density at radius 2 is 1.73 bits per heavy atom. The van der Waals surface area contributed by atoms with Gasteiger partial charge in [0, 0.05) is 17.1 Å². The van der Waals surface area contributed by atoms with Crippen LogP contribution in [-0.2, 0) is 6.54 Å². The topological polar surface area (TPSA) is 65.4 Å². The lowest BCUT2D eigenvalue weighted by Crippen LogP contribution is -2.28. The van der Waals surface area contributed by atoms with Crippen LogP contribution in [0.15, 0.2) is 72.8 Å². The van der Waals surface area contributed by atoms with Crippen LogP contribution in [0.5, 0.6) is 11.5 Å². The molecule has 0 aliphatic carbocycles. The van der Waals surface area contributed by atoms with E-state index in [2.05, 4.69) is 9.88 Å². The van der Waals surface area contributed by atoms with E-state index in [1.807, 2.05) is 55.5 Å². The fraction of sp³-hybridized carbons (Fsp3) is 0.231. The highest BCUT2D eigenvalue weighted by Crippen LogP contribution is 2.22. The Bertz CT molecular complexity index is 1220. The van der Waals surface area contributed by atoms with Crippen LogP contribution in [0.1, 0.15) is 35.6 Å². The van der Waals surface area contributed by atoms with Gasteiger partial charge in [0.25, 0.3) is 5.91 Å². The first kappa shape index (κ1) is 22.7. The summed E-state index contributed by atoms with van der Waals surface area (Å²) in [7, 11) is 1.64. The number of hydrogen-bond donors (Lipinski definition) is 1. The van der Waals surface area contributed by atoms with Gasteiger partial charge in [-0.25, -0.2) is 4.98 Å². The van der Waals surface area contributed by atoms with E-state index in [-0.39, 0.29) is 11.9 Å². The zero-order valence-corrected chi connectivity index (χ0v) is 19.4. The summed E-state index contributed by atoms with van der Waals surface area (Å²) in [6, 6.07) is 22.1. The van der Waals surface area contributed by atoms with Crippen molar-refractivity contribution in [3.8, 4) is 11.5 Å². The second kappa shape index (κ2) is 10.4. The molecule has 0 aliphatic heterocycles. The maximum absolute atomic E-state index is 12.7. The standard InChI is InChI=1S/C26H26ClN3O3/c1-18(28-26(31)19-8-10-20(27)11-9-19)25-29-23-6-3-4-7-24(23)30(25)16-5-17-33-22-14-12-21(32-2)13-15-22/h3-4,6-15,18H,5,16-17H2,1-2H3,(H,28,31). The van der Waals surface area contributed by atoms with Crippen LogP contribution < -0.4 is 14.8 Å². The van der Waals surface area contributed by atoms with E-state index in [9.17, 15) is 4.79 Å². The van der Waals surface area contributed by atoms with Crippen molar-refractivity contribution in [2.24, 2.45) is 0 Å². The van der Waals surface area contributed by atoms with Crippen molar-refractivity contribution in [1.29, 1.82) is 0 Å². The number of nitrogens with one attached hydrogen (secondary N) is 1. The number of amides is 1. The number of para-hydroxylation sites is 2. The summed E-state index contributed by atoms with van der Waals surface area (Å²) in [5.74, 6) is 2.24. The predicted molar refractivity (Wildman–Crippen MR) is 130 cm³/mol. The van der Waals surface area contributed by atoms with E-state index in [4.69, 9.17) is 26.1 Å². The highest BCUT2D eigenvalue weighted by molar-refractivity contribution is 6.30. The van der Waals surface area contributed by atoms with E-state index >= 15 is 0 Å². The number of methoxy groups -OCH3 is 1. The molecule has 4 rings (SSSR count). The van der Waals surface area contributed by atoms with Gasteiger partial charge in [-0.1, -0.05) is 23.7 Å². The summed E-state index contributed by atoms with van der Waals surface area (Å²) in [6.45, 7) is 3.22. The van der Waals surface area contributed by atoms with E-state index < -0.39 is 0 Å². The average Bonchev–Trinajstić information content (AvgIpc) is 3.21. The molecule has 1 heterocycles. The summed E-state index contributed by atoms with van der Waals surface area (Å²) >= 11 is 5.94. The molecule has 0 saturated carbocycles. The second-order valence-corrected chi connectivity index (χ2v) is 8.13. The van der Waals surface area contributed by atoms with Crippen molar-refractivity contribution >= 4 is 28.5 Å². The van der Waals surface area contributed by atoms with E-state index in [0.29, 0.717) is 23.7 Å². The van der Waals surface area contributed by atoms with E-state index in [0.717, 1.165) is 34.8 Å². The molecule has 4 aromatic rings. The molecule has 3 aromatic carbocycles. The van der Waals surface area contributed by atoms with Crippen molar-refractivity contribution < 1.29 is 14.3 Å². The molecule has 7 heteroatoms. The number of rotatable bonds is 9. The molecular weight excluding hydrogens is 438 g/mol. The quantitative estimate of drug-likeness (QED) is 0.325. The second-order valence-electron chi connectivity index (χ2n) is 7.69. The van der Waals surface area contributed by atoms with Gasteiger partial charge >= 0.3 is 0 Å². The monoisotopic (exact) mass is 463 g/mol. The van der Waals surface area contributed by atoms with Gasteiger partial charge < -0.3 is 19.4 Å². The molecule has 1 N–H and O–H groups in total. The normalized spacial score (nSPS) is 11.8. The number of aromatic nitrogens is 2. The molecule has 0 radical (unpaired) electrons. The van der Waals surface area contributed by atoms with E-state index in [1.165, 1.54) is 0 Å². The predicted octanol–water partition coefficient (Wildman–Crippen LogP) is 5.66. The van der Waals surface area contributed by atoms with Crippen LogP contribution in [0.2, 0.25) is 5.02 Å². The number of imidazole rings is 1. The zero-order chi connectivity index (χ0) is 23.2. The number of fused-ring (bicyclic) bond motifs is 1. The summed E-state index contributed by atoms with van der Waals surface area (Å²) in [5.41, 5.74) is 2.49. The maximum Gasteiger partial charge on any atom is 0.251 e. The van der Waals surface area contributed by atoms with Gasteiger partial charge in [0.05, 0.1) is 30.8 Å². The van der Waals surface area contributed by atoms with Crippen molar-refractivity contribution in [2.75, 3.05) is 13.7 Å². The number of ether oxygens (including phenoxy) is 2. The van der Waals surface area contributed by atoms with Gasteiger partial charge in [-0.3, -0.25) is 4.79 Å². The van der Waals surface area contributed by atoms with Gasteiger partial charge in [-0.15, -0.1) is 0 Å². The van der Waals surface area contributed by atoms with Crippen LogP contribution in [0.25, 0.3) is 11.0 Å². The molecule has 33 heavy (non-hydrogen) atoms. The van der Waals surface area contributed by atoms with Crippen LogP contribution in [0.3, 0.4) is 0 Å². The van der Waals surface area contributed by atoms with Crippen molar-refractivity contribution in [1.82, 2.24) is 14.9 Å². The summed E-state index contributed by atoms with van der Waals surface area (Å²) in [5, 5.41) is 3.65. The molecule has 0 aliphatic rings. The number of carbonyl (C=O) groups excluding carboxylic acids is 1. The molecular formula is C26H26ClN3O3. The fourth-order valence-electron chi connectivity index (χ4n) is 3.69. The van der Waals surface area contributed by atoms with Crippen LogP contribution in [0, 0.1) is 0 Å². The molecule has 1 atom stereocenters. The largest absolute Gasteiger partial charge is 0.497 e. The first-order valence-corrected chi connectivity index (χ1v) is 11.2. The number of halogens is 1. The van der Waals surface area contributed by atoms with Crippen molar-refractivity contribution in [3.63, 3.8) is 0 Å². The Balaban J connectivity index is 1.45. The van der Waals surface area contributed by atoms with Gasteiger partial charge in [-0.2, -0.15) is 0 Å². The Hall–Kier alpha value is -3.51. The summed E-state index contributed by atoms with van der Waals surface area (Å²) in [4.78, 5) is 17.5. The van der Waals surface area contributed by atoms with Crippen LogP contribution >= 0.6 is 11.6 Å². The zero-order valence-electron chi connectivity index (χ0n) is 18.6. The third-order valence-corrected chi connectivity index (χ3v) is 5.63. The van der Waals surface area contributed by atoms with Crippen molar-refractivity contribution in [3.05, 3.63) is 89.2 Å². The highest BCUT2D eigenvalue weighted by Gasteiger charge is 2.19. The van der Waals surface area contributed by atoms with Gasteiger partial charge in [-0.05, 0) is 74.0 Å². The Morgan fingerprint density at radius 1 is 1.03 bits per heavy atom. The molecule has 0 fully saturated rings. The summed E-state index contributed by atoms with van der Waals surface area (Å²) < 4.78 is 13.2. The van der Waals surface area contributed by atoms with E-state index in [1.54, 1.807) is 31.4 Å². The molecule has 1 unspecified atom stereocenters. The molecule has 0 saturated heterocycles. The minimum atomic E-state index is -0.275. The highest BCUT2D eigenvalue weighted by atomic mass is 35.5. The number of nitrogens with zero attached hydrogens (tertiary/aromatic N) is 2. The van der Waals surface area contributed by atoms with Gasteiger partial charge in [0.15, 0.2) is 0 Å². The SMILES string of the molecule is COc1ccc(OCCCn2c(C(C)NC(=O)c3ccc(Cl)cc3)nc3ccccc32)cc1. The maximum atomic E-state index is 12.7. The average molecular weight is 464 g/mol. The smallest absolute Gasteiger partial charge is 0.251 e. The molecule has 6 nitrogen and oxygen atoms in total. The molecule has 1 aromatic heterocycles. The third-order valence-electron chi connectivity index (χ3n) is 5.38. The number of aryl methyl sites for hydroxylation is 1. The first-order chi connectivity index (χ1) is 16.0. The lowest BCUT2D eigenvalue weighted by atomic mass is 10.2. The fourth-order valence-corrected chi connectivity index (χ4v) is 3.82. The third kappa shape index (κ3) is 5.46. The minimum Gasteiger partial charge on any atom is -0.497 e. The molecule has 1 amide bonds. The van der Waals surface area contributed by atoms with Crippen LogP contribution in [-0.4, -0.2) is 29.2 Å². The molecule has 170 valence electrons. The Kier molecular flexibility index (Phi) is 7.15. The number of hydrogen-bond acceptors (Lipinski definition) is 4. The van der Waals surface area contributed by atoms with Gasteiger partial charge in [0.2, 0.25) is 0 Å². The summed E-state index contributed by atoms with van der Waals surface area (Å²) in [6.07, 6.45) is 0.789. The Labute approximate surface area is 198 Å². The minimum absolute atomic E-state index is 0.166. The number of carbonyl (C=O) groups is 1.